The van der Waals surface area contributed by atoms with Crippen LogP contribution in [0.25, 0.3) is 0 Å². The van der Waals surface area contributed by atoms with E-state index in [0.717, 1.165) is 12.5 Å². The van der Waals surface area contributed by atoms with E-state index in [1.54, 1.807) is 6.92 Å². The molecule has 0 bridgehead atoms. The molecule has 1 unspecified atom stereocenters. The Hall–Kier alpha value is -0.0900. The molecule has 16 heavy (non-hydrogen) atoms. The molecule has 0 spiro atoms. The zero-order chi connectivity index (χ0) is 11.8. The molecule has 94 valence electrons. The van der Waals surface area contributed by atoms with E-state index < -0.39 is 9.84 Å². The molecule has 2 saturated carbocycles. The summed E-state index contributed by atoms with van der Waals surface area (Å²) < 4.78 is 22.9. The molecular weight excluding hydrogens is 222 g/mol. The summed E-state index contributed by atoms with van der Waals surface area (Å²) >= 11 is 0. The first-order valence-electron chi connectivity index (χ1n) is 6.41. The number of sulfone groups is 1. The van der Waals surface area contributed by atoms with Crippen molar-refractivity contribution in [3.05, 3.63) is 0 Å². The maximum atomic E-state index is 11.5. The van der Waals surface area contributed by atoms with Gasteiger partial charge in [-0.3, -0.25) is 0 Å². The highest BCUT2D eigenvalue weighted by atomic mass is 32.2. The van der Waals surface area contributed by atoms with Crippen molar-refractivity contribution in [2.24, 2.45) is 11.3 Å². The normalized spacial score (nSPS) is 25.4. The van der Waals surface area contributed by atoms with Gasteiger partial charge in [0.05, 0.1) is 5.75 Å². The standard InChI is InChI=1S/C12H23NO2S/c1-3-16(14,15)8-10(2)13-9-12(6-7-12)11-4-5-11/h10-11,13H,3-9H2,1-2H3. The third-order valence-electron chi connectivity index (χ3n) is 4.08. The maximum Gasteiger partial charge on any atom is 0.151 e. The molecule has 0 amide bonds. The van der Waals surface area contributed by atoms with E-state index in [1.807, 2.05) is 6.92 Å². The lowest BCUT2D eigenvalue weighted by molar-refractivity contribution is 0.386. The third kappa shape index (κ3) is 2.98. The van der Waals surface area contributed by atoms with Crippen molar-refractivity contribution in [3.8, 4) is 0 Å². The van der Waals surface area contributed by atoms with Crippen LogP contribution in [0.4, 0.5) is 0 Å². The van der Waals surface area contributed by atoms with Gasteiger partial charge in [0.25, 0.3) is 0 Å². The summed E-state index contributed by atoms with van der Waals surface area (Å²) in [5.41, 5.74) is 0.560. The first-order chi connectivity index (χ1) is 7.47. The van der Waals surface area contributed by atoms with Gasteiger partial charge in [0.1, 0.15) is 0 Å². The van der Waals surface area contributed by atoms with Gasteiger partial charge < -0.3 is 5.32 Å². The minimum atomic E-state index is -2.83. The van der Waals surface area contributed by atoms with Crippen molar-refractivity contribution < 1.29 is 8.42 Å². The van der Waals surface area contributed by atoms with E-state index in [0.29, 0.717) is 5.41 Å². The van der Waals surface area contributed by atoms with E-state index >= 15 is 0 Å². The topological polar surface area (TPSA) is 46.2 Å². The predicted octanol–water partition coefficient (Wildman–Crippen LogP) is 1.59. The number of hydrogen-bond acceptors (Lipinski definition) is 3. The second-order valence-corrected chi connectivity index (χ2v) is 8.02. The number of nitrogens with one attached hydrogen (secondary N) is 1. The van der Waals surface area contributed by atoms with Crippen LogP contribution in [0.1, 0.15) is 39.5 Å². The molecule has 1 N–H and O–H groups in total. The summed E-state index contributed by atoms with van der Waals surface area (Å²) in [7, 11) is -2.83. The first-order valence-corrected chi connectivity index (χ1v) is 8.23. The van der Waals surface area contributed by atoms with Gasteiger partial charge >= 0.3 is 0 Å². The molecule has 1 atom stereocenters. The minimum Gasteiger partial charge on any atom is -0.313 e. The molecular formula is C12H23NO2S. The Morgan fingerprint density at radius 2 is 2.00 bits per heavy atom. The van der Waals surface area contributed by atoms with Crippen LogP contribution in [0.15, 0.2) is 0 Å². The quantitative estimate of drug-likeness (QED) is 0.741. The Morgan fingerprint density at radius 3 is 2.44 bits per heavy atom. The summed E-state index contributed by atoms with van der Waals surface area (Å²) in [6, 6.07) is 0.0983. The predicted molar refractivity (Wildman–Crippen MR) is 66.2 cm³/mol. The second-order valence-electron chi connectivity index (χ2n) is 5.62. The van der Waals surface area contributed by atoms with Gasteiger partial charge in [-0.2, -0.15) is 0 Å². The zero-order valence-electron chi connectivity index (χ0n) is 10.3. The molecule has 2 fully saturated rings. The van der Waals surface area contributed by atoms with Crippen molar-refractivity contribution in [2.45, 2.75) is 45.6 Å². The van der Waals surface area contributed by atoms with E-state index in [9.17, 15) is 8.42 Å². The van der Waals surface area contributed by atoms with Crippen LogP contribution in [0, 0.1) is 11.3 Å². The first kappa shape index (κ1) is 12.4. The molecule has 2 aliphatic rings. The fourth-order valence-electron chi connectivity index (χ4n) is 2.52. The highest BCUT2D eigenvalue weighted by Gasteiger charge is 2.53. The smallest absolute Gasteiger partial charge is 0.151 e. The van der Waals surface area contributed by atoms with E-state index in [2.05, 4.69) is 5.32 Å². The van der Waals surface area contributed by atoms with Crippen molar-refractivity contribution >= 4 is 9.84 Å². The van der Waals surface area contributed by atoms with Crippen molar-refractivity contribution in [1.29, 1.82) is 0 Å². The van der Waals surface area contributed by atoms with Gasteiger partial charge in [-0.25, -0.2) is 8.42 Å². The fraction of sp³-hybridized carbons (Fsp3) is 1.00. The van der Waals surface area contributed by atoms with Crippen LogP contribution in [-0.4, -0.2) is 32.5 Å². The Labute approximate surface area is 98.9 Å². The Bertz CT molecular complexity index is 342. The summed E-state index contributed by atoms with van der Waals surface area (Å²) in [4.78, 5) is 0. The summed E-state index contributed by atoms with van der Waals surface area (Å²) in [5, 5.41) is 3.42. The molecule has 2 rings (SSSR count). The highest BCUT2D eigenvalue weighted by Crippen LogP contribution is 2.60. The van der Waals surface area contributed by atoms with Gasteiger partial charge in [0.2, 0.25) is 0 Å². The molecule has 0 saturated heterocycles. The van der Waals surface area contributed by atoms with Crippen LogP contribution < -0.4 is 5.32 Å². The van der Waals surface area contributed by atoms with Crippen LogP contribution >= 0.6 is 0 Å². The number of rotatable bonds is 7. The molecule has 0 aliphatic heterocycles. The maximum absolute atomic E-state index is 11.5. The summed E-state index contributed by atoms with van der Waals surface area (Å²) in [6.45, 7) is 4.73. The van der Waals surface area contributed by atoms with Crippen molar-refractivity contribution in [1.82, 2.24) is 5.32 Å². The van der Waals surface area contributed by atoms with Crippen molar-refractivity contribution in [3.63, 3.8) is 0 Å². The lowest BCUT2D eigenvalue weighted by atomic mass is 10.0. The van der Waals surface area contributed by atoms with Crippen LogP contribution in [0.3, 0.4) is 0 Å². The molecule has 2 aliphatic carbocycles. The van der Waals surface area contributed by atoms with Gasteiger partial charge in [-0.1, -0.05) is 6.92 Å². The average Bonchev–Trinajstić information content (AvgIpc) is 3.05. The van der Waals surface area contributed by atoms with Gasteiger partial charge in [-0.15, -0.1) is 0 Å². The van der Waals surface area contributed by atoms with E-state index in [1.165, 1.54) is 25.7 Å². The Balaban J connectivity index is 1.73. The Kier molecular flexibility index (Phi) is 3.32. The highest BCUT2D eigenvalue weighted by molar-refractivity contribution is 7.91. The van der Waals surface area contributed by atoms with Crippen molar-refractivity contribution in [2.75, 3.05) is 18.1 Å². The largest absolute Gasteiger partial charge is 0.313 e. The van der Waals surface area contributed by atoms with Crippen LogP contribution in [-0.2, 0) is 9.84 Å². The molecule has 3 nitrogen and oxygen atoms in total. The molecule has 0 aromatic carbocycles. The molecule has 0 heterocycles. The second kappa shape index (κ2) is 4.30. The zero-order valence-corrected chi connectivity index (χ0v) is 11.1. The van der Waals surface area contributed by atoms with Gasteiger partial charge in [0.15, 0.2) is 9.84 Å². The summed E-state index contributed by atoms with van der Waals surface area (Å²) in [6.07, 6.45) is 5.47. The van der Waals surface area contributed by atoms with Gasteiger partial charge in [0, 0.05) is 18.3 Å². The average molecular weight is 245 g/mol. The monoisotopic (exact) mass is 245 g/mol. The molecule has 0 aromatic rings. The van der Waals surface area contributed by atoms with E-state index in [4.69, 9.17) is 0 Å². The van der Waals surface area contributed by atoms with Crippen LogP contribution in [0.5, 0.6) is 0 Å². The molecule has 0 radical (unpaired) electrons. The lowest BCUT2D eigenvalue weighted by Gasteiger charge is -2.19. The SMILES string of the molecule is CCS(=O)(=O)CC(C)NCC1(C2CC2)CC1. The minimum absolute atomic E-state index is 0.0983. The summed E-state index contributed by atoms with van der Waals surface area (Å²) in [5.74, 6) is 1.48. The molecule has 0 aromatic heterocycles. The van der Waals surface area contributed by atoms with E-state index in [-0.39, 0.29) is 17.5 Å². The number of hydrogen-bond donors (Lipinski definition) is 1. The Morgan fingerprint density at radius 1 is 1.38 bits per heavy atom. The lowest BCUT2D eigenvalue weighted by Crippen LogP contribution is -2.37. The molecule has 4 heteroatoms. The third-order valence-corrected chi connectivity index (χ3v) is 5.97. The van der Waals surface area contributed by atoms with Crippen LogP contribution in [0.2, 0.25) is 0 Å². The van der Waals surface area contributed by atoms with Gasteiger partial charge in [-0.05, 0) is 43.9 Å². The fourth-order valence-corrected chi connectivity index (χ4v) is 3.64.